The van der Waals surface area contributed by atoms with E-state index in [2.05, 4.69) is 161 Å². The van der Waals surface area contributed by atoms with Crippen molar-refractivity contribution >= 4 is 65.6 Å². The predicted octanol–water partition coefficient (Wildman–Crippen LogP) is 14.6. The highest BCUT2D eigenvalue weighted by Crippen LogP contribution is 2.45. The average molecular weight is 806 g/mol. The number of aromatic nitrogens is 5. The summed E-state index contributed by atoms with van der Waals surface area (Å²) in [5.74, 6) is 1.90. The molecule has 6 nitrogen and oxygen atoms in total. The maximum absolute atomic E-state index is 7.19. The maximum atomic E-state index is 7.19. The molecule has 0 fully saturated rings. The Hall–Kier alpha value is -8.61. The van der Waals surface area contributed by atoms with Crippen LogP contribution in [-0.2, 0) is 0 Å². The summed E-state index contributed by atoms with van der Waals surface area (Å²) in [5, 5.41) is 6.70. The number of benzene rings is 9. The molecule has 9 aromatic carbocycles. The molecule has 13 rings (SSSR count). The molecule has 0 saturated heterocycles. The van der Waals surface area contributed by atoms with E-state index in [4.69, 9.17) is 19.4 Å². The monoisotopic (exact) mass is 805 g/mol. The van der Waals surface area contributed by atoms with Gasteiger partial charge in [-0.05, 0) is 83.9 Å². The van der Waals surface area contributed by atoms with Gasteiger partial charge < -0.3 is 13.6 Å². The lowest BCUT2D eigenvalue weighted by molar-refractivity contribution is 0.677. The van der Waals surface area contributed by atoms with Crippen molar-refractivity contribution in [1.29, 1.82) is 0 Å². The van der Waals surface area contributed by atoms with E-state index in [-0.39, 0.29) is 0 Å². The highest BCUT2D eigenvalue weighted by Gasteiger charge is 2.23. The molecule has 4 aromatic heterocycles. The first-order valence-corrected chi connectivity index (χ1v) is 21.2. The van der Waals surface area contributed by atoms with E-state index in [9.17, 15) is 0 Å². The second kappa shape index (κ2) is 14.0. The van der Waals surface area contributed by atoms with Gasteiger partial charge in [-0.3, -0.25) is 0 Å². The van der Waals surface area contributed by atoms with Gasteiger partial charge >= 0.3 is 0 Å². The van der Waals surface area contributed by atoms with Crippen molar-refractivity contribution in [1.82, 2.24) is 24.1 Å². The minimum atomic E-state index is 0.623. The zero-order valence-electron chi connectivity index (χ0n) is 33.9. The van der Waals surface area contributed by atoms with Crippen LogP contribution in [0.25, 0.3) is 122 Å². The summed E-state index contributed by atoms with van der Waals surface area (Å²) in [6.07, 6.45) is 0. The summed E-state index contributed by atoms with van der Waals surface area (Å²) in [6.45, 7) is 0. The molecular weight excluding hydrogens is 771 g/mol. The zero-order valence-corrected chi connectivity index (χ0v) is 33.9. The molecule has 0 atom stereocenters. The van der Waals surface area contributed by atoms with Gasteiger partial charge in [0, 0.05) is 49.6 Å². The largest absolute Gasteiger partial charge is 0.455 e. The van der Waals surface area contributed by atoms with Crippen LogP contribution in [0.5, 0.6) is 0 Å². The highest BCUT2D eigenvalue weighted by atomic mass is 16.3. The van der Waals surface area contributed by atoms with Gasteiger partial charge in [-0.2, -0.15) is 0 Å². The van der Waals surface area contributed by atoms with Crippen molar-refractivity contribution in [3.05, 3.63) is 212 Å². The third kappa shape index (κ3) is 5.55. The zero-order chi connectivity index (χ0) is 41.4. The molecule has 0 unspecified atom stereocenters. The van der Waals surface area contributed by atoms with E-state index in [1.807, 2.05) is 60.7 Å². The van der Waals surface area contributed by atoms with E-state index in [0.29, 0.717) is 17.5 Å². The topological polar surface area (TPSA) is 61.7 Å². The first-order chi connectivity index (χ1) is 31.2. The Bertz CT molecular complexity index is 3810. The Balaban J connectivity index is 0.963. The SMILES string of the molecule is c1ccc(-c2ccc(-n3c4ccccc4c4c5oc6c(ccc7c6c6ccccc6n7-c6ccc(-c7nc(-c8ccccc8)nc(-c8ccccc8)n7)cc6)c5ccc43)cc2)cc1. The molecule has 0 N–H and O–H groups in total. The van der Waals surface area contributed by atoms with Crippen LogP contribution in [0.2, 0.25) is 0 Å². The quantitative estimate of drug-likeness (QED) is 0.168. The van der Waals surface area contributed by atoms with Crippen LogP contribution < -0.4 is 0 Å². The number of hydrogen-bond donors (Lipinski definition) is 0. The Morgan fingerprint density at radius 2 is 0.619 bits per heavy atom. The molecule has 0 amide bonds. The maximum Gasteiger partial charge on any atom is 0.164 e. The number of fused-ring (bicyclic) bond motifs is 11. The van der Waals surface area contributed by atoms with Crippen LogP contribution >= 0.6 is 0 Å². The number of furan rings is 1. The molecule has 0 aliphatic carbocycles. The van der Waals surface area contributed by atoms with Crippen molar-refractivity contribution < 1.29 is 4.42 Å². The molecule has 294 valence electrons. The Morgan fingerprint density at radius 1 is 0.270 bits per heavy atom. The van der Waals surface area contributed by atoms with Gasteiger partial charge in [-0.1, -0.05) is 140 Å². The Kier molecular flexibility index (Phi) is 7.80. The van der Waals surface area contributed by atoms with E-state index >= 15 is 0 Å². The molecule has 13 aromatic rings. The van der Waals surface area contributed by atoms with Gasteiger partial charge in [0.05, 0.1) is 32.8 Å². The second-order valence-electron chi connectivity index (χ2n) is 16.0. The van der Waals surface area contributed by atoms with Crippen LogP contribution in [0.1, 0.15) is 0 Å². The van der Waals surface area contributed by atoms with Crippen LogP contribution in [-0.4, -0.2) is 24.1 Å². The molecule has 4 heterocycles. The van der Waals surface area contributed by atoms with Gasteiger partial charge in [0.15, 0.2) is 17.5 Å². The Morgan fingerprint density at radius 3 is 1.06 bits per heavy atom. The molecule has 0 bridgehead atoms. The van der Waals surface area contributed by atoms with Crippen molar-refractivity contribution in [3.63, 3.8) is 0 Å². The summed E-state index contributed by atoms with van der Waals surface area (Å²) < 4.78 is 11.9. The molecule has 0 radical (unpaired) electrons. The van der Waals surface area contributed by atoms with Crippen molar-refractivity contribution in [2.24, 2.45) is 0 Å². The standard InChI is InChI=1S/C57H35N5O/c1-4-14-36(15-5-1)37-24-28-41(29-25-37)61-47-22-12-10-20-45(47)51-49(61)34-32-43-44-33-35-50-52(54(44)63-53(43)51)46-21-11-13-23-48(46)62(50)42-30-26-40(27-31-42)57-59-55(38-16-6-2-7-17-38)58-56(60-57)39-18-8-3-9-19-39/h1-35H. The van der Waals surface area contributed by atoms with Crippen LogP contribution in [0.3, 0.4) is 0 Å². The fourth-order valence-corrected chi connectivity index (χ4v) is 9.48. The molecule has 0 saturated carbocycles. The van der Waals surface area contributed by atoms with Crippen LogP contribution in [0, 0.1) is 0 Å². The van der Waals surface area contributed by atoms with E-state index in [1.54, 1.807) is 0 Å². The van der Waals surface area contributed by atoms with Crippen LogP contribution in [0.15, 0.2) is 217 Å². The number of hydrogen-bond acceptors (Lipinski definition) is 4. The number of nitrogens with zero attached hydrogens (tertiary/aromatic N) is 5. The molecular formula is C57H35N5O. The predicted molar refractivity (Wildman–Crippen MR) is 258 cm³/mol. The van der Waals surface area contributed by atoms with Crippen molar-refractivity contribution in [3.8, 4) is 56.7 Å². The number of para-hydroxylation sites is 2. The normalized spacial score (nSPS) is 11.8. The van der Waals surface area contributed by atoms with Gasteiger partial charge in [0.2, 0.25) is 0 Å². The lowest BCUT2D eigenvalue weighted by atomic mass is 10.1. The summed E-state index contributed by atoms with van der Waals surface area (Å²) in [5.41, 5.74) is 13.5. The van der Waals surface area contributed by atoms with Crippen LogP contribution in [0.4, 0.5) is 0 Å². The summed E-state index contributed by atoms with van der Waals surface area (Å²) in [4.78, 5) is 14.8. The summed E-state index contributed by atoms with van der Waals surface area (Å²) in [6, 6.07) is 74.3. The summed E-state index contributed by atoms with van der Waals surface area (Å²) >= 11 is 0. The van der Waals surface area contributed by atoms with E-state index < -0.39 is 0 Å². The second-order valence-corrected chi connectivity index (χ2v) is 16.0. The first kappa shape index (κ1) is 35.2. The average Bonchev–Trinajstić information content (AvgIpc) is 4.03. The minimum Gasteiger partial charge on any atom is -0.455 e. The highest BCUT2D eigenvalue weighted by molar-refractivity contribution is 6.29. The van der Waals surface area contributed by atoms with Gasteiger partial charge in [0.25, 0.3) is 0 Å². The van der Waals surface area contributed by atoms with E-state index in [1.165, 1.54) is 11.1 Å². The lowest BCUT2D eigenvalue weighted by Gasteiger charge is -2.10. The molecule has 0 aliphatic heterocycles. The third-order valence-electron chi connectivity index (χ3n) is 12.4. The molecule has 0 spiro atoms. The van der Waals surface area contributed by atoms with E-state index in [0.717, 1.165) is 93.6 Å². The third-order valence-corrected chi connectivity index (χ3v) is 12.4. The Labute approximate surface area is 361 Å². The smallest absolute Gasteiger partial charge is 0.164 e. The number of rotatable bonds is 6. The summed E-state index contributed by atoms with van der Waals surface area (Å²) in [7, 11) is 0. The minimum absolute atomic E-state index is 0.623. The van der Waals surface area contributed by atoms with Crippen molar-refractivity contribution in [2.75, 3.05) is 0 Å². The molecule has 6 heteroatoms. The fourth-order valence-electron chi connectivity index (χ4n) is 9.48. The van der Waals surface area contributed by atoms with Crippen molar-refractivity contribution in [2.45, 2.75) is 0 Å². The first-order valence-electron chi connectivity index (χ1n) is 21.2. The van der Waals surface area contributed by atoms with Gasteiger partial charge in [0.1, 0.15) is 11.2 Å². The van der Waals surface area contributed by atoms with Gasteiger partial charge in [-0.15, -0.1) is 0 Å². The molecule has 63 heavy (non-hydrogen) atoms. The lowest BCUT2D eigenvalue weighted by Crippen LogP contribution is -2.00. The van der Waals surface area contributed by atoms with Gasteiger partial charge in [-0.25, -0.2) is 15.0 Å². The fraction of sp³-hybridized carbons (Fsp3) is 0. The molecule has 0 aliphatic rings.